The molecule has 88 valence electrons. The summed E-state index contributed by atoms with van der Waals surface area (Å²) in [6.07, 6.45) is 2.37. The third-order valence-corrected chi connectivity index (χ3v) is 3.48. The molecule has 3 rings (SSSR count). The third kappa shape index (κ3) is 2.15. The predicted octanol–water partition coefficient (Wildman–Crippen LogP) is 2.76. The van der Waals surface area contributed by atoms with Gasteiger partial charge in [-0.1, -0.05) is 29.8 Å². The second kappa shape index (κ2) is 4.08. The Hall–Kier alpha value is -1.48. The van der Waals surface area contributed by atoms with Crippen LogP contribution in [0.5, 0.6) is 0 Å². The first kappa shape index (κ1) is 10.7. The molecule has 3 nitrogen and oxygen atoms in total. The van der Waals surface area contributed by atoms with E-state index in [1.165, 1.54) is 12.8 Å². The van der Waals surface area contributed by atoms with Crippen LogP contribution in [0.15, 0.2) is 35.1 Å². The Balaban J connectivity index is 1.90. The molecule has 2 aromatic rings. The number of rotatable bonds is 3. The van der Waals surface area contributed by atoms with E-state index in [1.54, 1.807) is 10.7 Å². The lowest BCUT2D eigenvalue weighted by molar-refractivity contribution is 0.652. The summed E-state index contributed by atoms with van der Waals surface area (Å²) >= 11 is 6.08. The van der Waals surface area contributed by atoms with Crippen molar-refractivity contribution in [3.05, 3.63) is 57.0 Å². The van der Waals surface area contributed by atoms with Crippen molar-refractivity contribution in [1.29, 1.82) is 0 Å². The molecule has 1 saturated carbocycles. The molecule has 0 unspecified atom stereocenters. The van der Waals surface area contributed by atoms with E-state index in [2.05, 4.69) is 5.10 Å². The molecule has 1 aliphatic carbocycles. The number of aromatic nitrogens is 2. The van der Waals surface area contributed by atoms with Crippen LogP contribution in [-0.4, -0.2) is 9.78 Å². The van der Waals surface area contributed by atoms with Crippen molar-refractivity contribution in [3.8, 4) is 0 Å². The number of aromatic amines is 1. The highest BCUT2D eigenvalue weighted by atomic mass is 35.5. The zero-order chi connectivity index (χ0) is 11.8. The van der Waals surface area contributed by atoms with E-state index in [4.69, 9.17) is 11.6 Å². The van der Waals surface area contributed by atoms with Crippen LogP contribution in [0.1, 0.15) is 30.0 Å². The molecular weight excluding hydrogens is 236 g/mol. The van der Waals surface area contributed by atoms with Crippen LogP contribution < -0.4 is 5.56 Å². The number of benzene rings is 1. The molecule has 17 heavy (non-hydrogen) atoms. The fourth-order valence-electron chi connectivity index (χ4n) is 1.97. The third-order valence-electron chi connectivity index (χ3n) is 3.11. The van der Waals surface area contributed by atoms with Gasteiger partial charge >= 0.3 is 0 Å². The topological polar surface area (TPSA) is 37.8 Å². The summed E-state index contributed by atoms with van der Waals surface area (Å²) < 4.78 is 1.62. The summed E-state index contributed by atoms with van der Waals surface area (Å²) in [6.45, 7) is 0.505. The molecule has 0 atom stereocenters. The van der Waals surface area contributed by atoms with Crippen molar-refractivity contribution < 1.29 is 0 Å². The first-order valence-corrected chi connectivity index (χ1v) is 6.15. The lowest BCUT2D eigenvalue weighted by Gasteiger charge is -2.04. The average Bonchev–Trinajstić information content (AvgIpc) is 3.09. The number of halogens is 1. The van der Waals surface area contributed by atoms with Crippen molar-refractivity contribution in [1.82, 2.24) is 9.78 Å². The van der Waals surface area contributed by atoms with Crippen molar-refractivity contribution >= 4 is 11.6 Å². The molecule has 1 aromatic carbocycles. The molecular formula is C13H13ClN2O. The normalized spacial score (nSPS) is 15.1. The van der Waals surface area contributed by atoms with E-state index in [0.717, 1.165) is 11.3 Å². The molecule has 1 aromatic heterocycles. The van der Waals surface area contributed by atoms with E-state index in [1.807, 2.05) is 24.3 Å². The maximum absolute atomic E-state index is 11.8. The molecule has 0 aliphatic heterocycles. The second-order valence-electron chi connectivity index (χ2n) is 4.50. The Morgan fingerprint density at radius 1 is 1.35 bits per heavy atom. The maximum atomic E-state index is 11.8. The number of nitrogens with one attached hydrogen (secondary N) is 1. The van der Waals surface area contributed by atoms with E-state index < -0.39 is 0 Å². The van der Waals surface area contributed by atoms with E-state index >= 15 is 0 Å². The fraction of sp³-hybridized carbons (Fsp3) is 0.308. The molecule has 0 radical (unpaired) electrons. The molecule has 1 heterocycles. The van der Waals surface area contributed by atoms with Gasteiger partial charge in [-0.3, -0.25) is 9.89 Å². The van der Waals surface area contributed by atoms with Crippen LogP contribution in [-0.2, 0) is 6.54 Å². The summed E-state index contributed by atoms with van der Waals surface area (Å²) in [4.78, 5) is 11.8. The van der Waals surface area contributed by atoms with Crippen molar-refractivity contribution in [2.24, 2.45) is 0 Å². The largest absolute Gasteiger partial charge is 0.299 e. The van der Waals surface area contributed by atoms with Crippen LogP contribution >= 0.6 is 11.6 Å². The van der Waals surface area contributed by atoms with Crippen molar-refractivity contribution in [3.63, 3.8) is 0 Å². The van der Waals surface area contributed by atoms with Crippen LogP contribution in [0.3, 0.4) is 0 Å². The Morgan fingerprint density at radius 2 is 2.12 bits per heavy atom. The minimum atomic E-state index is 0.0202. The summed E-state index contributed by atoms with van der Waals surface area (Å²) in [5.41, 5.74) is 2.04. The van der Waals surface area contributed by atoms with Crippen molar-refractivity contribution in [2.75, 3.05) is 0 Å². The van der Waals surface area contributed by atoms with Gasteiger partial charge in [-0.15, -0.1) is 0 Å². The average molecular weight is 249 g/mol. The predicted molar refractivity (Wildman–Crippen MR) is 67.6 cm³/mol. The van der Waals surface area contributed by atoms with E-state index in [9.17, 15) is 4.79 Å². The van der Waals surface area contributed by atoms with Gasteiger partial charge in [0.1, 0.15) is 0 Å². The Morgan fingerprint density at radius 3 is 2.82 bits per heavy atom. The second-order valence-corrected chi connectivity index (χ2v) is 4.91. The highest BCUT2D eigenvalue weighted by molar-refractivity contribution is 6.31. The molecule has 1 aliphatic rings. The van der Waals surface area contributed by atoms with Crippen LogP contribution in [0.4, 0.5) is 0 Å². The first-order valence-electron chi connectivity index (χ1n) is 5.77. The Kier molecular flexibility index (Phi) is 2.56. The maximum Gasteiger partial charge on any atom is 0.267 e. The zero-order valence-corrected chi connectivity index (χ0v) is 10.1. The standard InChI is InChI=1S/C13H13ClN2O/c14-11-4-2-1-3-10(11)8-16-13(17)7-12(15-16)9-5-6-9/h1-4,7,9,15H,5-6,8H2. The highest BCUT2D eigenvalue weighted by Crippen LogP contribution is 2.38. The molecule has 1 N–H and O–H groups in total. The summed E-state index contributed by atoms with van der Waals surface area (Å²) in [5.74, 6) is 0.565. The minimum absolute atomic E-state index is 0.0202. The van der Waals surface area contributed by atoms with Gasteiger partial charge < -0.3 is 0 Å². The van der Waals surface area contributed by atoms with Crippen LogP contribution in [0, 0.1) is 0 Å². The molecule has 0 amide bonds. The SMILES string of the molecule is O=c1cc(C2CC2)[nH]n1Cc1ccccc1Cl. The Labute approximate surface area is 104 Å². The van der Waals surface area contributed by atoms with Gasteiger partial charge in [0.15, 0.2) is 0 Å². The summed E-state index contributed by atoms with van der Waals surface area (Å²) in [7, 11) is 0. The summed E-state index contributed by atoms with van der Waals surface area (Å²) in [5, 5.41) is 3.86. The van der Waals surface area contributed by atoms with Crippen LogP contribution in [0.2, 0.25) is 5.02 Å². The lowest BCUT2D eigenvalue weighted by Crippen LogP contribution is -2.16. The van der Waals surface area contributed by atoms with Gasteiger partial charge in [-0.05, 0) is 24.5 Å². The van der Waals surface area contributed by atoms with Gasteiger partial charge in [0.05, 0.1) is 6.54 Å². The molecule has 0 bridgehead atoms. The van der Waals surface area contributed by atoms with Crippen molar-refractivity contribution in [2.45, 2.75) is 25.3 Å². The number of hydrogen-bond donors (Lipinski definition) is 1. The fourth-order valence-corrected chi connectivity index (χ4v) is 2.17. The Bertz CT molecular complexity index is 595. The summed E-state index contributed by atoms with van der Waals surface area (Å²) in [6, 6.07) is 9.30. The van der Waals surface area contributed by atoms with E-state index in [0.29, 0.717) is 17.5 Å². The van der Waals surface area contributed by atoms with Gasteiger partial charge in [0, 0.05) is 22.7 Å². The molecule has 0 spiro atoms. The van der Waals surface area contributed by atoms with Gasteiger partial charge in [0.25, 0.3) is 5.56 Å². The van der Waals surface area contributed by atoms with Gasteiger partial charge in [-0.25, -0.2) is 4.68 Å². The van der Waals surface area contributed by atoms with Gasteiger partial charge in [-0.2, -0.15) is 0 Å². The zero-order valence-electron chi connectivity index (χ0n) is 9.32. The number of H-pyrrole nitrogens is 1. The monoisotopic (exact) mass is 248 g/mol. The first-order chi connectivity index (χ1) is 8.24. The smallest absolute Gasteiger partial charge is 0.267 e. The highest BCUT2D eigenvalue weighted by Gasteiger charge is 2.25. The molecule has 1 fully saturated rings. The number of nitrogens with zero attached hydrogens (tertiary/aromatic N) is 1. The van der Waals surface area contributed by atoms with Gasteiger partial charge in [0.2, 0.25) is 0 Å². The quantitative estimate of drug-likeness (QED) is 0.891. The molecule has 0 saturated heterocycles. The van der Waals surface area contributed by atoms with E-state index in [-0.39, 0.29) is 5.56 Å². The minimum Gasteiger partial charge on any atom is -0.299 e. The lowest BCUT2D eigenvalue weighted by atomic mass is 10.2. The van der Waals surface area contributed by atoms with Crippen LogP contribution in [0.25, 0.3) is 0 Å². The molecule has 4 heteroatoms. The number of hydrogen-bond acceptors (Lipinski definition) is 1.